The molecule has 1 aromatic rings. The zero-order chi connectivity index (χ0) is 20.1. The van der Waals surface area contributed by atoms with Crippen LogP contribution in [0.5, 0.6) is 0 Å². The van der Waals surface area contributed by atoms with Crippen molar-refractivity contribution >= 4 is 28.9 Å². The van der Waals surface area contributed by atoms with Gasteiger partial charge in [-0.1, -0.05) is 12.1 Å². The third-order valence-electron chi connectivity index (χ3n) is 4.38. The van der Waals surface area contributed by atoms with Crippen LogP contribution in [0.4, 0.5) is 17.6 Å². The maximum absolute atomic E-state index is 13.5. The molecule has 2 aliphatic rings. The highest BCUT2D eigenvalue weighted by molar-refractivity contribution is 6.62. The molecule has 140 valence electrons. The van der Waals surface area contributed by atoms with Crippen LogP contribution < -0.4 is 0 Å². The number of alkyl halides is 4. The summed E-state index contributed by atoms with van der Waals surface area (Å²) < 4.78 is 53.7. The summed E-state index contributed by atoms with van der Waals surface area (Å²) in [6.45, 7) is 0. The zero-order valence-electron chi connectivity index (χ0n) is 13.4. The molecule has 1 aromatic carbocycles. The average Bonchev–Trinajstić information content (AvgIpc) is 2.61. The third kappa shape index (κ3) is 2.70. The summed E-state index contributed by atoms with van der Waals surface area (Å²) in [4.78, 5) is 46.6. The Morgan fingerprint density at radius 3 is 2.15 bits per heavy atom. The predicted octanol–water partition coefficient (Wildman–Crippen LogP) is 2.78. The summed E-state index contributed by atoms with van der Waals surface area (Å²) >= 11 is 0. The Balaban J connectivity index is 1.94. The number of halogens is 4. The molecule has 0 amide bonds. The number of hydrogen-bond donors (Lipinski definition) is 1. The van der Waals surface area contributed by atoms with Gasteiger partial charge in [-0.3, -0.25) is 19.2 Å². The van der Waals surface area contributed by atoms with Crippen LogP contribution in [0.15, 0.2) is 35.9 Å². The van der Waals surface area contributed by atoms with E-state index in [9.17, 15) is 36.7 Å². The smallest absolute Gasteiger partial charge is 0.340 e. The Hall–Kier alpha value is -3.10. The topological polar surface area (TPSA) is 88.5 Å². The van der Waals surface area contributed by atoms with E-state index in [0.29, 0.717) is 0 Å². The summed E-state index contributed by atoms with van der Waals surface area (Å²) in [5, 5.41) is 8.55. The van der Waals surface area contributed by atoms with E-state index < -0.39 is 64.7 Å². The molecule has 0 spiro atoms. The normalized spacial score (nSPS) is 19.6. The Morgan fingerprint density at radius 1 is 0.889 bits per heavy atom. The van der Waals surface area contributed by atoms with Gasteiger partial charge >= 0.3 is 17.8 Å². The minimum absolute atomic E-state index is 0.157. The lowest BCUT2D eigenvalue weighted by molar-refractivity contribution is -0.254. The Morgan fingerprint density at radius 2 is 1.52 bits per heavy atom. The maximum Gasteiger partial charge on any atom is 0.340 e. The minimum atomic E-state index is -4.38. The molecule has 0 radical (unpaired) electrons. The van der Waals surface area contributed by atoms with Crippen LogP contribution in [-0.4, -0.2) is 28.4 Å². The second-order valence-corrected chi connectivity index (χ2v) is 6.04. The van der Waals surface area contributed by atoms with E-state index in [1.54, 1.807) is 0 Å². The van der Waals surface area contributed by atoms with Crippen molar-refractivity contribution in [3.63, 3.8) is 0 Å². The van der Waals surface area contributed by atoms with Crippen LogP contribution in [0.3, 0.4) is 0 Å². The number of carbonyl (C=O) groups is 4. The van der Waals surface area contributed by atoms with Crippen molar-refractivity contribution in [1.82, 2.24) is 0 Å². The number of rotatable bonds is 5. The van der Waals surface area contributed by atoms with Crippen molar-refractivity contribution in [2.24, 2.45) is 0 Å². The van der Waals surface area contributed by atoms with E-state index in [4.69, 9.17) is 5.11 Å². The van der Waals surface area contributed by atoms with Gasteiger partial charge in [0.2, 0.25) is 11.6 Å². The molecule has 0 heterocycles. The molecule has 27 heavy (non-hydrogen) atoms. The number of ketones is 3. The number of carbonyl (C=O) groups excluding carboxylic acids is 3. The van der Waals surface area contributed by atoms with Gasteiger partial charge in [-0.15, -0.1) is 0 Å². The minimum Gasteiger partial charge on any atom is -0.481 e. The average molecular weight is 382 g/mol. The zero-order valence-corrected chi connectivity index (χ0v) is 13.4. The standard InChI is InChI=1S/C18H10F4O5/c19-17(20)11-4-1-8(7-12(11)18(17,21)22)9-2-3-10(16(27)15(9)26)13(23)5-6-14(24)25/h1-4,7H,5-6H2,(H,24,25). The van der Waals surface area contributed by atoms with Gasteiger partial charge in [-0.05, 0) is 23.8 Å². The molecule has 0 saturated heterocycles. The molecule has 5 nitrogen and oxygen atoms in total. The molecular weight excluding hydrogens is 372 g/mol. The van der Waals surface area contributed by atoms with Gasteiger partial charge in [0.05, 0.1) is 12.0 Å². The first kappa shape index (κ1) is 18.7. The summed E-state index contributed by atoms with van der Waals surface area (Å²) in [5.74, 6) is -13.1. The quantitative estimate of drug-likeness (QED) is 0.366. The van der Waals surface area contributed by atoms with Crippen molar-refractivity contribution in [2.75, 3.05) is 0 Å². The van der Waals surface area contributed by atoms with Gasteiger partial charge in [-0.25, -0.2) is 0 Å². The number of carboxylic acids is 1. The Bertz CT molecular complexity index is 972. The highest BCUT2D eigenvalue weighted by Crippen LogP contribution is 2.60. The Kier molecular flexibility index (Phi) is 4.13. The number of Topliss-reactive ketones (excluding diaryl/α,β-unsaturated/α-hetero) is 3. The highest BCUT2D eigenvalue weighted by Gasteiger charge is 2.69. The monoisotopic (exact) mass is 382 g/mol. The van der Waals surface area contributed by atoms with Crippen LogP contribution in [-0.2, 0) is 31.0 Å². The van der Waals surface area contributed by atoms with Gasteiger partial charge in [-0.2, -0.15) is 17.6 Å². The fourth-order valence-corrected chi connectivity index (χ4v) is 2.89. The fourth-order valence-electron chi connectivity index (χ4n) is 2.89. The lowest BCUT2D eigenvalue weighted by Crippen LogP contribution is -2.46. The van der Waals surface area contributed by atoms with Gasteiger partial charge in [0.15, 0.2) is 5.78 Å². The molecule has 0 saturated carbocycles. The van der Waals surface area contributed by atoms with Gasteiger partial charge in [0.1, 0.15) is 0 Å². The fraction of sp³-hybridized carbons (Fsp3) is 0.222. The predicted molar refractivity (Wildman–Crippen MR) is 82.2 cm³/mol. The lowest BCUT2D eigenvalue weighted by Gasteiger charge is -2.38. The molecule has 9 heteroatoms. The third-order valence-corrected chi connectivity index (χ3v) is 4.38. The van der Waals surface area contributed by atoms with E-state index in [-0.39, 0.29) is 11.1 Å². The van der Waals surface area contributed by atoms with Crippen molar-refractivity contribution in [3.8, 4) is 0 Å². The van der Waals surface area contributed by atoms with Crippen molar-refractivity contribution in [1.29, 1.82) is 0 Å². The number of carboxylic acid groups (broad SMARTS) is 1. The number of aliphatic carboxylic acids is 1. The van der Waals surface area contributed by atoms with E-state index >= 15 is 0 Å². The SMILES string of the molecule is O=C(O)CCC(=O)C1=CC=C(c2ccc3c(c2)C(F)(F)C3(F)F)C(=O)C1=O. The molecule has 0 unspecified atom stereocenters. The number of benzene rings is 1. The van der Waals surface area contributed by atoms with E-state index in [2.05, 4.69) is 0 Å². The van der Waals surface area contributed by atoms with Crippen LogP contribution in [0, 0.1) is 0 Å². The summed E-state index contributed by atoms with van der Waals surface area (Å²) in [6, 6.07) is 2.50. The van der Waals surface area contributed by atoms with Gasteiger partial charge in [0.25, 0.3) is 0 Å². The van der Waals surface area contributed by atoms with Crippen LogP contribution in [0.2, 0.25) is 0 Å². The summed E-state index contributed by atoms with van der Waals surface area (Å²) in [6.07, 6.45) is 1.04. The lowest BCUT2D eigenvalue weighted by atomic mass is 9.77. The largest absolute Gasteiger partial charge is 0.481 e. The van der Waals surface area contributed by atoms with Crippen LogP contribution >= 0.6 is 0 Å². The number of hydrogen-bond acceptors (Lipinski definition) is 4. The second-order valence-electron chi connectivity index (χ2n) is 6.04. The second kappa shape index (κ2) is 5.97. The van der Waals surface area contributed by atoms with E-state index in [1.165, 1.54) is 0 Å². The first-order valence-electron chi connectivity index (χ1n) is 7.65. The van der Waals surface area contributed by atoms with Gasteiger partial charge < -0.3 is 5.11 Å². The summed E-state index contributed by atoms with van der Waals surface area (Å²) in [5.41, 5.74) is -2.77. The molecule has 2 aliphatic carbocycles. The first-order chi connectivity index (χ1) is 12.5. The van der Waals surface area contributed by atoms with Crippen LogP contribution in [0.1, 0.15) is 29.5 Å². The van der Waals surface area contributed by atoms with Crippen LogP contribution in [0.25, 0.3) is 5.57 Å². The molecule has 0 bridgehead atoms. The first-order valence-corrected chi connectivity index (χ1v) is 7.65. The van der Waals surface area contributed by atoms with Gasteiger partial charge in [0, 0.05) is 23.1 Å². The molecule has 0 fully saturated rings. The molecule has 0 aromatic heterocycles. The van der Waals surface area contributed by atoms with Crippen molar-refractivity contribution in [3.05, 3.63) is 52.6 Å². The van der Waals surface area contributed by atoms with E-state index in [1.807, 2.05) is 0 Å². The highest BCUT2D eigenvalue weighted by atomic mass is 19.3. The van der Waals surface area contributed by atoms with Crippen molar-refractivity contribution in [2.45, 2.75) is 24.7 Å². The Labute approximate surface area is 149 Å². The molecule has 1 N–H and O–H groups in total. The van der Waals surface area contributed by atoms with E-state index in [0.717, 1.165) is 30.4 Å². The molecular formula is C18H10F4O5. The van der Waals surface area contributed by atoms with Crippen molar-refractivity contribution < 1.29 is 41.8 Å². The molecule has 0 aliphatic heterocycles. The number of fused-ring (bicyclic) bond motifs is 1. The molecule has 3 rings (SSSR count). The summed E-state index contributed by atoms with van der Waals surface area (Å²) in [7, 11) is 0. The number of allylic oxidation sites excluding steroid dienone is 4. The maximum atomic E-state index is 13.5. The molecule has 0 atom stereocenters.